The molecule has 2 aliphatic heterocycles. The molecule has 0 saturated carbocycles. The SMILES string of the molecule is CC(C)N(C)C[C@H]1CCC2(CCN(Cc3cccnc3)CC2)CO1. The van der Waals surface area contributed by atoms with Crippen LogP contribution in [-0.4, -0.2) is 60.2 Å². The Hall–Kier alpha value is -0.970. The standard InChI is InChI=1S/C20H33N3O/c1-17(2)22(3)15-19-6-7-20(16-24-19)8-11-23(12-9-20)14-18-5-4-10-21-13-18/h4-5,10,13,17,19H,6-9,11-12,14-16H2,1-3H3/t19-/m1/s1. The number of piperidine rings is 1. The van der Waals surface area contributed by atoms with E-state index < -0.39 is 0 Å². The second-order valence-electron chi connectivity index (χ2n) is 8.14. The van der Waals surface area contributed by atoms with E-state index in [1.807, 2.05) is 18.5 Å². The van der Waals surface area contributed by atoms with E-state index in [0.717, 1.165) is 19.7 Å². The van der Waals surface area contributed by atoms with E-state index in [1.165, 1.54) is 44.3 Å². The average Bonchev–Trinajstić information content (AvgIpc) is 2.60. The zero-order chi connectivity index (χ0) is 17.0. The van der Waals surface area contributed by atoms with Gasteiger partial charge in [-0.1, -0.05) is 6.07 Å². The Bertz CT molecular complexity index is 487. The van der Waals surface area contributed by atoms with Crippen LogP contribution in [0.5, 0.6) is 0 Å². The molecule has 1 atom stereocenters. The predicted molar refractivity (Wildman–Crippen MR) is 97.9 cm³/mol. The van der Waals surface area contributed by atoms with Crippen molar-refractivity contribution in [1.29, 1.82) is 0 Å². The summed E-state index contributed by atoms with van der Waals surface area (Å²) in [4.78, 5) is 9.20. The summed E-state index contributed by atoms with van der Waals surface area (Å²) in [6, 6.07) is 4.81. The zero-order valence-corrected chi connectivity index (χ0v) is 15.6. The van der Waals surface area contributed by atoms with Crippen molar-refractivity contribution in [1.82, 2.24) is 14.8 Å². The van der Waals surface area contributed by atoms with Gasteiger partial charge in [-0.3, -0.25) is 9.88 Å². The highest BCUT2D eigenvalue weighted by molar-refractivity contribution is 5.08. The highest BCUT2D eigenvalue weighted by Crippen LogP contribution is 2.40. The van der Waals surface area contributed by atoms with Gasteiger partial charge in [0.05, 0.1) is 12.7 Å². The van der Waals surface area contributed by atoms with Crippen molar-refractivity contribution in [2.75, 3.05) is 33.3 Å². The van der Waals surface area contributed by atoms with Crippen molar-refractivity contribution in [3.8, 4) is 0 Å². The van der Waals surface area contributed by atoms with E-state index in [2.05, 4.69) is 41.7 Å². The molecule has 1 aromatic heterocycles. The molecule has 3 rings (SSSR count). The fourth-order valence-electron chi connectivity index (χ4n) is 3.92. The van der Waals surface area contributed by atoms with Gasteiger partial charge in [-0.2, -0.15) is 0 Å². The van der Waals surface area contributed by atoms with Gasteiger partial charge in [-0.15, -0.1) is 0 Å². The molecular weight excluding hydrogens is 298 g/mol. The van der Waals surface area contributed by atoms with Crippen molar-refractivity contribution in [3.63, 3.8) is 0 Å². The molecule has 24 heavy (non-hydrogen) atoms. The lowest BCUT2D eigenvalue weighted by Gasteiger charge is -2.46. The van der Waals surface area contributed by atoms with Crippen molar-refractivity contribution < 1.29 is 4.74 Å². The minimum Gasteiger partial charge on any atom is -0.376 e. The van der Waals surface area contributed by atoms with Crippen molar-refractivity contribution in [2.45, 2.75) is 58.2 Å². The smallest absolute Gasteiger partial charge is 0.0702 e. The first-order chi connectivity index (χ1) is 11.6. The number of aromatic nitrogens is 1. The van der Waals surface area contributed by atoms with E-state index in [-0.39, 0.29) is 0 Å². The lowest BCUT2D eigenvalue weighted by atomic mass is 9.73. The fraction of sp³-hybridized carbons (Fsp3) is 0.750. The summed E-state index contributed by atoms with van der Waals surface area (Å²) in [5, 5.41) is 0. The molecule has 1 spiro atoms. The van der Waals surface area contributed by atoms with Crippen LogP contribution in [0.15, 0.2) is 24.5 Å². The Morgan fingerprint density at radius 3 is 2.71 bits per heavy atom. The number of rotatable bonds is 5. The average molecular weight is 332 g/mol. The summed E-state index contributed by atoms with van der Waals surface area (Å²) in [6.07, 6.45) is 9.38. The summed E-state index contributed by atoms with van der Waals surface area (Å²) in [6.45, 7) is 9.95. The maximum absolute atomic E-state index is 6.28. The van der Waals surface area contributed by atoms with Crippen molar-refractivity contribution in [3.05, 3.63) is 30.1 Å². The Kier molecular flexibility index (Phi) is 5.90. The Morgan fingerprint density at radius 2 is 2.12 bits per heavy atom. The van der Waals surface area contributed by atoms with Gasteiger partial charge in [0.1, 0.15) is 0 Å². The third-order valence-electron chi connectivity index (χ3n) is 6.04. The molecule has 2 fully saturated rings. The molecule has 0 bridgehead atoms. The largest absolute Gasteiger partial charge is 0.376 e. The Labute approximate surface area is 147 Å². The first-order valence-electron chi connectivity index (χ1n) is 9.49. The van der Waals surface area contributed by atoms with E-state index in [0.29, 0.717) is 17.6 Å². The molecule has 0 aliphatic carbocycles. The Morgan fingerprint density at radius 1 is 1.33 bits per heavy atom. The fourth-order valence-corrected chi connectivity index (χ4v) is 3.92. The molecular formula is C20H33N3O. The van der Waals surface area contributed by atoms with E-state index in [1.54, 1.807) is 0 Å². The van der Waals surface area contributed by atoms with Crippen LogP contribution >= 0.6 is 0 Å². The van der Waals surface area contributed by atoms with Gasteiger partial charge in [0.15, 0.2) is 0 Å². The van der Waals surface area contributed by atoms with Crippen LogP contribution in [0.3, 0.4) is 0 Å². The summed E-state index contributed by atoms with van der Waals surface area (Å²) in [7, 11) is 2.20. The lowest BCUT2D eigenvalue weighted by molar-refractivity contribution is -0.0946. The summed E-state index contributed by atoms with van der Waals surface area (Å²) in [5.41, 5.74) is 1.77. The molecule has 0 unspecified atom stereocenters. The van der Waals surface area contributed by atoms with E-state index >= 15 is 0 Å². The molecule has 0 N–H and O–H groups in total. The molecule has 4 nitrogen and oxygen atoms in total. The van der Waals surface area contributed by atoms with Crippen LogP contribution in [-0.2, 0) is 11.3 Å². The molecule has 134 valence electrons. The molecule has 4 heteroatoms. The highest BCUT2D eigenvalue weighted by Gasteiger charge is 2.39. The lowest BCUT2D eigenvalue weighted by Crippen LogP contribution is -2.47. The van der Waals surface area contributed by atoms with Crippen LogP contribution in [0.1, 0.15) is 45.1 Å². The minimum absolute atomic E-state index is 0.427. The molecule has 0 amide bonds. The number of pyridine rings is 1. The van der Waals surface area contributed by atoms with E-state index in [4.69, 9.17) is 4.74 Å². The summed E-state index contributed by atoms with van der Waals surface area (Å²) >= 11 is 0. The molecule has 0 aromatic carbocycles. The minimum atomic E-state index is 0.427. The molecule has 3 heterocycles. The first-order valence-corrected chi connectivity index (χ1v) is 9.49. The van der Waals surface area contributed by atoms with Crippen LogP contribution in [0.4, 0.5) is 0 Å². The van der Waals surface area contributed by atoms with E-state index in [9.17, 15) is 0 Å². The van der Waals surface area contributed by atoms with Gasteiger partial charge in [0.2, 0.25) is 0 Å². The number of ether oxygens (including phenoxy) is 1. The summed E-state index contributed by atoms with van der Waals surface area (Å²) in [5.74, 6) is 0. The molecule has 2 saturated heterocycles. The van der Waals surface area contributed by atoms with Crippen molar-refractivity contribution in [2.24, 2.45) is 5.41 Å². The number of likely N-dealkylation sites (tertiary alicyclic amines) is 1. The third kappa shape index (κ3) is 4.56. The first kappa shape index (κ1) is 17.8. The molecule has 1 aromatic rings. The summed E-state index contributed by atoms with van der Waals surface area (Å²) < 4.78 is 6.28. The number of nitrogens with zero attached hydrogens (tertiary/aromatic N) is 3. The third-order valence-corrected chi connectivity index (χ3v) is 6.04. The topological polar surface area (TPSA) is 28.6 Å². The number of hydrogen-bond donors (Lipinski definition) is 0. The van der Waals surface area contributed by atoms with Gasteiger partial charge in [0, 0.05) is 31.5 Å². The van der Waals surface area contributed by atoms with Crippen LogP contribution in [0.2, 0.25) is 0 Å². The van der Waals surface area contributed by atoms with Crippen LogP contribution in [0, 0.1) is 5.41 Å². The van der Waals surface area contributed by atoms with Gasteiger partial charge in [-0.25, -0.2) is 0 Å². The number of hydrogen-bond acceptors (Lipinski definition) is 4. The highest BCUT2D eigenvalue weighted by atomic mass is 16.5. The number of likely N-dealkylation sites (N-methyl/N-ethyl adjacent to an activating group) is 1. The van der Waals surface area contributed by atoms with Gasteiger partial charge >= 0.3 is 0 Å². The zero-order valence-electron chi connectivity index (χ0n) is 15.6. The quantitative estimate of drug-likeness (QED) is 0.828. The van der Waals surface area contributed by atoms with Gasteiger partial charge < -0.3 is 9.64 Å². The van der Waals surface area contributed by atoms with Crippen LogP contribution in [0.25, 0.3) is 0 Å². The molecule has 2 aliphatic rings. The maximum Gasteiger partial charge on any atom is 0.0702 e. The van der Waals surface area contributed by atoms with Gasteiger partial charge in [-0.05, 0) is 76.7 Å². The van der Waals surface area contributed by atoms with Crippen molar-refractivity contribution >= 4 is 0 Å². The maximum atomic E-state index is 6.28. The predicted octanol–water partition coefficient (Wildman–Crippen LogP) is 3.18. The van der Waals surface area contributed by atoms with Crippen LogP contribution < -0.4 is 0 Å². The second-order valence-corrected chi connectivity index (χ2v) is 8.14. The van der Waals surface area contributed by atoms with Gasteiger partial charge in [0.25, 0.3) is 0 Å². The molecule has 0 radical (unpaired) electrons. The normalized spacial score (nSPS) is 24.8. The Balaban J connectivity index is 1.43. The second kappa shape index (κ2) is 7.94. The monoisotopic (exact) mass is 331 g/mol.